The molecule has 0 aromatic heterocycles. The van der Waals surface area contributed by atoms with Crippen LogP contribution in [0.4, 0.5) is 0 Å². The van der Waals surface area contributed by atoms with Crippen molar-refractivity contribution in [2.75, 3.05) is 37.9 Å². The lowest BCUT2D eigenvalue weighted by atomic mass is 9.68. The molecule has 1 rings (SSSR count). The first-order valence-corrected chi connectivity index (χ1v) is 12.8. The average molecular weight is 461 g/mol. The van der Waals surface area contributed by atoms with E-state index in [0.29, 0.717) is 19.6 Å². The van der Waals surface area contributed by atoms with Crippen molar-refractivity contribution in [1.29, 1.82) is 0 Å². The third-order valence-electron chi connectivity index (χ3n) is 5.02. The number of hydrogen-bond acceptors (Lipinski definition) is 8. The van der Waals surface area contributed by atoms with E-state index >= 15 is 0 Å². The zero-order valence-electron chi connectivity index (χ0n) is 18.6. The second kappa shape index (κ2) is 15.2. The molecule has 0 N–H and O–H groups in total. The minimum absolute atomic E-state index is 0.0365. The van der Waals surface area contributed by atoms with Gasteiger partial charge < -0.3 is 9.47 Å². The maximum atomic E-state index is 12.1. The lowest BCUT2D eigenvalue weighted by Crippen LogP contribution is -2.58. The lowest BCUT2D eigenvalue weighted by Gasteiger charge is -2.49. The summed E-state index contributed by atoms with van der Waals surface area (Å²) in [6, 6.07) is 0. The van der Waals surface area contributed by atoms with Crippen LogP contribution in [0.3, 0.4) is 0 Å². The molecule has 1 aliphatic carbocycles. The molecule has 0 spiro atoms. The minimum atomic E-state index is -0.194. The van der Waals surface area contributed by atoms with Gasteiger partial charge in [0.1, 0.15) is 24.8 Å². The molecule has 8 heteroatoms. The molecule has 0 saturated heterocycles. The van der Waals surface area contributed by atoms with Crippen LogP contribution in [0.1, 0.15) is 53.4 Å². The van der Waals surface area contributed by atoms with Gasteiger partial charge in [-0.15, -0.1) is 0 Å². The highest BCUT2D eigenvalue weighted by atomic mass is 32.2. The van der Waals surface area contributed by atoms with E-state index in [0.717, 1.165) is 30.8 Å². The predicted octanol–water partition coefficient (Wildman–Crippen LogP) is 3.39. The normalized spacial score (nSPS) is 23.1. The molecular formula is C22H36O6S2. The van der Waals surface area contributed by atoms with E-state index in [1.807, 2.05) is 11.8 Å². The van der Waals surface area contributed by atoms with Crippen molar-refractivity contribution in [2.45, 2.75) is 63.9 Å². The van der Waals surface area contributed by atoms with Crippen LogP contribution >= 0.6 is 23.5 Å². The fraction of sp³-hybridized carbons (Fsp3) is 0.818. The van der Waals surface area contributed by atoms with Gasteiger partial charge in [0.15, 0.2) is 11.6 Å². The molecule has 0 heterocycles. The first-order chi connectivity index (χ1) is 14.3. The summed E-state index contributed by atoms with van der Waals surface area (Å²) in [4.78, 5) is 46.9. The number of Topliss-reactive ketones (excluding diaryl/α,β-unsaturated/α-hetero) is 4. The third-order valence-corrected chi connectivity index (χ3v) is 8.18. The molecule has 0 radical (unpaired) electrons. The zero-order chi connectivity index (χ0) is 22.5. The number of ketones is 4. The van der Waals surface area contributed by atoms with Gasteiger partial charge in [-0.2, -0.15) is 23.5 Å². The Bertz CT molecular complexity index is 580. The lowest BCUT2D eigenvalue weighted by molar-refractivity contribution is -0.134. The monoisotopic (exact) mass is 460 g/mol. The number of carbonyl (C=O) groups excluding carboxylic acids is 4. The van der Waals surface area contributed by atoms with Gasteiger partial charge in [0.05, 0.1) is 13.2 Å². The highest BCUT2D eigenvalue weighted by molar-refractivity contribution is 8.04. The van der Waals surface area contributed by atoms with Crippen molar-refractivity contribution in [1.82, 2.24) is 0 Å². The van der Waals surface area contributed by atoms with Crippen LogP contribution in [0, 0.1) is 11.8 Å². The summed E-state index contributed by atoms with van der Waals surface area (Å²) in [5.41, 5.74) is 0. The van der Waals surface area contributed by atoms with Crippen LogP contribution in [0.5, 0.6) is 0 Å². The average Bonchev–Trinajstić information content (AvgIpc) is 2.65. The predicted molar refractivity (Wildman–Crippen MR) is 122 cm³/mol. The van der Waals surface area contributed by atoms with Gasteiger partial charge in [-0.25, -0.2) is 0 Å². The van der Waals surface area contributed by atoms with Crippen LogP contribution in [0.15, 0.2) is 0 Å². The van der Waals surface area contributed by atoms with Crippen molar-refractivity contribution in [2.24, 2.45) is 11.8 Å². The number of rotatable bonds is 18. The molecule has 0 aliphatic heterocycles. The van der Waals surface area contributed by atoms with E-state index in [-0.39, 0.29) is 58.7 Å². The van der Waals surface area contributed by atoms with E-state index in [4.69, 9.17) is 9.47 Å². The molecule has 0 aromatic carbocycles. The maximum Gasteiger partial charge on any atom is 0.158 e. The van der Waals surface area contributed by atoms with E-state index < -0.39 is 0 Å². The second-order valence-electron chi connectivity index (χ2n) is 7.75. The Hall–Kier alpha value is -0.700. The second-order valence-corrected chi connectivity index (χ2v) is 10.3. The third kappa shape index (κ3) is 9.62. The minimum Gasteiger partial charge on any atom is -0.371 e. The van der Waals surface area contributed by atoms with E-state index in [2.05, 4.69) is 6.92 Å². The standard InChI is InChI=1S/C22H36O6S2/c1-5-6-11-29-21-19(16(3)24)20(17(4)25)22(21)30-12-7-8-18(26)14-28-10-9-27-13-15(2)23/h19-22H,5-14H2,1-4H3. The number of hydrogen-bond donors (Lipinski definition) is 0. The Morgan fingerprint density at radius 2 is 1.27 bits per heavy atom. The highest BCUT2D eigenvalue weighted by Crippen LogP contribution is 2.50. The summed E-state index contributed by atoms with van der Waals surface area (Å²) < 4.78 is 10.3. The molecule has 1 fully saturated rings. The van der Waals surface area contributed by atoms with Gasteiger partial charge in [-0.1, -0.05) is 13.3 Å². The summed E-state index contributed by atoms with van der Waals surface area (Å²) in [6.45, 7) is 7.49. The van der Waals surface area contributed by atoms with Gasteiger partial charge in [0.2, 0.25) is 0 Å². The van der Waals surface area contributed by atoms with Crippen LogP contribution in [-0.4, -0.2) is 71.6 Å². The zero-order valence-corrected chi connectivity index (χ0v) is 20.3. The van der Waals surface area contributed by atoms with Gasteiger partial charge in [0.25, 0.3) is 0 Å². The Balaban J connectivity index is 2.32. The molecular weight excluding hydrogens is 424 g/mol. The molecule has 30 heavy (non-hydrogen) atoms. The molecule has 1 saturated carbocycles. The molecule has 0 amide bonds. The first kappa shape index (κ1) is 27.3. The summed E-state index contributed by atoms with van der Waals surface area (Å²) >= 11 is 3.55. The smallest absolute Gasteiger partial charge is 0.158 e. The molecule has 6 nitrogen and oxygen atoms in total. The SMILES string of the molecule is CCCCSC1C(SCCCC(=O)COCCOCC(C)=O)C(C(C)=O)C1C(C)=O. The van der Waals surface area contributed by atoms with E-state index in [1.54, 1.807) is 25.6 Å². The summed E-state index contributed by atoms with van der Waals surface area (Å²) in [5.74, 6) is 1.65. The number of ether oxygens (including phenoxy) is 2. The quantitative estimate of drug-likeness (QED) is 0.288. The van der Waals surface area contributed by atoms with Crippen molar-refractivity contribution >= 4 is 46.7 Å². The maximum absolute atomic E-state index is 12.1. The summed E-state index contributed by atoms with van der Waals surface area (Å²) in [6.07, 6.45) is 3.39. The van der Waals surface area contributed by atoms with Crippen molar-refractivity contribution in [3.63, 3.8) is 0 Å². The van der Waals surface area contributed by atoms with Crippen LogP contribution in [0.2, 0.25) is 0 Å². The Morgan fingerprint density at radius 3 is 1.73 bits per heavy atom. The van der Waals surface area contributed by atoms with Crippen LogP contribution in [0.25, 0.3) is 0 Å². The molecule has 172 valence electrons. The van der Waals surface area contributed by atoms with Gasteiger partial charge in [0, 0.05) is 28.8 Å². The Morgan fingerprint density at radius 1 is 0.767 bits per heavy atom. The largest absolute Gasteiger partial charge is 0.371 e. The van der Waals surface area contributed by atoms with Crippen molar-refractivity contribution in [3.8, 4) is 0 Å². The Kier molecular flexibility index (Phi) is 13.8. The summed E-state index contributed by atoms with van der Waals surface area (Å²) in [7, 11) is 0. The summed E-state index contributed by atoms with van der Waals surface area (Å²) in [5, 5.41) is 0.352. The molecule has 0 aromatic rings. The topological polar surface area (TPSA) is 86.7 Å². The molecule has 4 atom stereocenters. The number of carbonyl (C=O) groups is 4. The highest BCUT2D eigenvalue weighted by Gasteiger charge is 2.54. The van der Waals surface area contributed by atoms with Gasteiger partial charge >= 0.3 is 0 Å². The molecule has 0 bridgehead atoms. The molecule has 1 aliphatic rings. The van der Waals surface area contributed by atoms with Crippen LogP contribution in [-0.2, 0) is 28.7 Å². The fourth-order valence-electron chi connectivity index (χ4n) is 3.48. The van der Waals surface area contributed by atoms with Crippen molar-refractivity contribution in [3.05, 3.63) is 0 Å². The fourth-order valence-corrected chi connectivity index (χ4v) is 7.12. The number of unbranched alkanes of at least 4 members (excludes halogenated alkanes) is 1. The Labute approximate surface area is 189 Å². The van der Waals surface area contributed by atoms with E-state index in [1.165, 1.54) is 6.92 Å². The van der Waals surface area contributed by atoms with Gasteiger partial charge in [-0.3, -0.25) is 19.2 Å². The number of thioether (sulfide) groups is 2. The van der Waals surface area contributed by atoms with E-state index in [9.17, 15) is 19.2 Å². The van der Waals surface area contributed by atoms with Crippen LogP contribution < -0.4 is 0 Å². The van der Waals surface area contributed by atoms with Crippen molar-refractivity contribution < 1.29 is 28.7 Å². The van der Waals surface area contributed by atoms with Gasteiger partial charge in [-0.05, 0) is 45.1 Å². The molecule has 4 unspecified atom stereocenters. The first-order valence-electron chi connectivity index (χ1n) is 10.7.